The van der Waals surface area contributed by atoms with E-state index in [1.807, 2.05) is 24.3 Å². The van der Waals surface area contributed by atoms with Gasteiger partial charge in [0.1, 0.15) is 0 Å². The normalized spacial score (nSPS) is 15.7. The van der Waals surface area contributed by atoms with Gasteiger partial charge in [0.2, 0.25) is 5.89 Å². The Morgan fingerprint density at radius 1 is 1.39 bits per heavy atom. The number of amides is 2. The van der Waals surface area contributed by atoms with Crippen LogP contribution in [0.15, 0.2) is 28.8 Å². The molecule has 1 saturated carbocycles. The van der Waals surface area contributed by atoms with E-state index >= 15 is 0 Å². The van der Waals surface area contributed by atoms with Crippen LogP contribution in [0.3, 0.4) is 0 Å². The number of aromatic nitrogens is 2. The van der Waals surface area contributed by atoms with Crippen molar-refractivity contribution >= 4 is 17.6 Å². The molecule has 1 aliphatic rings. The van der Waals surface area contributed by atoms with Gasteiger partial charge in [-0.2, -0.15) is 4.98 Å². The summed E-state index contributed by atoms with van der Waals surface area (Å²) in [6, 6.07) is 7.39. The van der Waals surface area contributed by atoms with Crippen molar-refractivity contribution in [3.8, 4) is 0 Å². The molecule has 1 unspecified atom stereocenters. The lowest BCUT2D eigenvalue weighted by Crippen LogP contribution is -2.42. The van der Waals surface area contributed by atoms with Crippen LogP contribution in [0.1, 0.15) is 42.6 Å². The van der Waals surface area contributed by atoms with Gasteiger partial charge in [0, 0.05) is 11.9 Å². The summed E-state index contributed by atoms with van der Waals surface area (Å²) in [6.07, 6.45) is 3.45. The number of benzene rings is 1. The molecule has 2 N–H and O–H groups in total. The molecular weight excluding hydrogens is 316 g/mol. The molecule has 0 aliphatic heterocycles. The third kappa shape index (κ3) is 4.01. The lowest BCUT2D eigenvalue weighted by molar-refractivity contribution is 0.207. The number of carbonyl (C=O) groups is 1. The first-order chi connectivity index (χ1) is 11.1. The molecule has 1 fully saturated rings. The molecule has 7 heteroatoms. The Balaban J connectivity index is 1.61. The number of hydrogen-bond acceptors (Lipinski definition) is 4. The van der Waals surface area contributed by atoms with E-state index in [-0.39, 0.29) is 18.6 Å². The highest BCUT2D eigenvalue weighted by Gasteiger charge is 2.29. The first-order valence-corrected chi connectivity index (χ1v) is 8.08. The second-order valence-corrected chi connectivity index (χ2v) is 6.21. The van der Waals surface area contributed by atoms with E-state index < -0.39 is 0 Å². The molecule has 0 bridgehead atoms. The predicted octanol–water partition coefficient (Wildman–Crippen LogP) is 3.37. The summed E-state index contributed by atoms with van der Waals surface area (Å²) < 4.78 is 4.88. The lowest BCUT2D eigenvalue weighted by atomic mass is 9.77. The van der Waals surface area contributed by atoms with E-state index in [9.17, 15) is 4.79 Å². The smallest absolute Gasteiger partial charge is 0.315 e. The number of urea groups is 1. The van der Waals surface area contributed by atoms with Gasteiger partial charge < -0.3 is 15.2 Å². The minimum atomic E-state index is -0.237. The van der Waals surface area contributed by atoms with Crippen molar-refractivity contribution in [2.45, 2.75) is 38.8 Å². The van der Waals surface area contributed by atoms with E-state index in [1.165, 1.54) is 6.42 Å². The number of nitrogens with zero attached hydrogens (tertiary/aromatic N) is 2. The minimum Gasteiger partial charge on any atom is -0.340 e. The van der Waals surface area contributed by atoms with Crippen molar-refractivity contribution in [2.75, 3.05) is 0 Å². The van der Waals surface area contributed by atoms with Crippen LogP contribution in [0.5, 0.6) is 0 Å². The second kappa shape index (κ2) is 7.00. The molecule has 1 aromatic heterocycles. The predicted molar refractivity (Wildman–Crippen MR) is 85.9 cm³/mol. The average Bonchev–Trinajstić information content (AvgIpc) is 2.89. The Morgan fingerprint density at radius 3 is 2.70 bits per heavy atom. The van der Waals surface area contributed by atoms with Gasteiger partial charge in [-0.1, -0.05) is 35.3 Å². The third-order valence-corrected chi connectivity index (χ3v) is 4.37. The Hall–Kier alpha value is -2.08. The maximum Gasteiger partial charge on any atom is 0.315 e. The third-order valence-electron chi connectivity index (χ3n) is 4.11. The zero-order chi connectivity index (χ0) is 16.2. The Morgan fingerprint density at radius 2 is 2.13 bits per heavy atom. The van der Waals surface area contributed by atoms with E-state index in [0.717, 1.165) is 18.4 Å². The standard InChI is InChI=1S/C16H19ClN4O2/c1-10-19-14(21-23-10)9-18-16(22)20-15(11-3-2-4-11)12-5-7-13(17)8-6-12/h5-8,11,15H,2-4,9H2,1H3,(H2,18,20,22). The molecule has 1 atom stereocenters. The number of aryl methyl sites for hydroxylation is 1. The summed E-state index contributed by atoms with van der Waals surface area (Å²) in [6.45, 7) is 1.95. The molecule has 2 aromatic rings. The van der Waals surface area contributed by atoms with Gasteiger partial charge in [0.15, 0.2) is 5.82 Å². The van der Waals surface area contributed by atoms with Crippen molar-refractivity contribution in [1.29, 1.82) is 0 Å². The van der Waals surface area contributed by atoms with Crippen LogP contribution in [0.25, 0.3) is 0 Å². The zero-order valence-corrected chi connectivity index (χ0v) is 13.6. The van der Waals surface area contributed by atoms with E-state index in [4.69, 9.17) is 16.1 Å². The van der Waals surface area contributed by atoms with Crippen LogP contribution < -0.4 is 10.6 Å². The van der Waals surface area contributed by atoms with Crippen molar-refractivity contribution < 1.29 is 9.32 Å². The highest BCUT2D eigenvalue weighted by atomic mass is 35.5. The van der Waals surface area contributed by atoms with E-state index in [1.54, 1.807) is 6.92 Å². The van der Waals surface area contributed by atoms with E-state index in [2.05, 4.69) is 20.8 Å². The molecule has 0 radical (unpaired) electrons. The summed E-state index contributed by atoms with van der Waals surface area (Å²) >= 11 is 5.95. The van der Waals surface area contributed by atoms with Gasteiger partial charge in [0.25, 0.3) is 0 Å². The van der Waals surface area contributed by atoms with Gasteiger partial charge in [-0.3, -0.25) is 0 Å². The number of carbonyl (C=O) groups excluding carboxylic acids is 1. The maximum atomic E-state index is 12.2. The number of rotatable bonds is 5. The fourth-order valence-electron chi connectivity index (χ4n) is 2.68. The fourth-order valence-corrected chi connectivity index (χ4v) is 2.81. The van der Waals surface area contributed by atoms with Crippen molar-refractivity contribution in [3.05, 3.63) is 46.6 Å². The first kappa shape index (κ1) is 15.8. The van der Waals surface area contributed by atoms with Crippen LogP contribution in [-0.2, 0) is 6.54 Å². The van der Waals surface area contributed by atoms with E-state index in [0.29, 0.717) is 22.7 Å². The highest BCUT2D eigenvalue weighted by Crippen LogP contribution is 2.37. The molecule has 1 aromatic carbocycles. The average molecular weight is 335 g/mol. The van der Waals surface area contributed by atoms with Gasteiger partial charge in [0.05, 0.1) is 12.6 Å². The Kier molecular flexibility index (Phi) is 4.81. The second-order valence-electron chi connectivity index (χ2n) is 5.78. The highest BCUT2D eigenvalue weighted by molar-refractivity contribution is 6.30. The van der Waals surface area contributed by atoms with Gasteiger partial charge in [-0.25, -0.2) is 4.79 Å². The molecule has 3 rings (SSSR count). The summed E-state index contributed by atoms with van der Waals surface area (Å²) in [7, 11) is 0. The molecule has 0 saturated heterocycles. The molecule has 1 aliphatic carbocycles. The molecule has 23 heavy (non-hydrogen) atoms. The molecule has 1 heterocycles. The lowest BCUT2D eigenvalue weighted by Gasteiger charge is -2.34. The van der Waals surface area contributed by atoms with Crippen LogP contribution in [0.2, 0.25) is 5.02 Å². The Bertz CT molecular complexity index is 667. The SMILES string of the molecule is Cc1nc(CNC(=O)NC(c2ccc(Cl)cc2)C2CCC2)no1. The zero-order valence-electron chi connectivity index (χ0n) is 12.9. The number of hydrogen-bond donors (Lipinski definition) is 2. The number of nitrogens with one attached hydrogen (secondary N) is 2. The topological polar surface area (TPSA) is 80.0 Å². The van der Waals surface area contributed by atoms with Crippen molar-refractivity contribution in [3.63, 3.8) is 0 Å². The van der Waals surface area contributed by atoms with Crippen LogP contribution in [0.4, 0.5) is 4.79 Å². The molecule has 2 amide bonds. The number of halogens is 1. The monoisotopic (exact) mass is 334 g/mol. The van der Waals surface area contributed by atoms with Crippen molar-refractivity contribution in [2.24, 2.45) is 5.92 Å². The van der Waals surface area contributed by atoms with Gasteiger partial charge in [-0.05, 0) is 36.5 Å². The molecule has 6 nitrogen and oxygen atoms in total. The van der Waals surface area contributed by atoms with Gasteiger partial charge in [-0.15, -0.1) is 0 Å². The summed E-state index contributed by atoms with van der Waals surface area (Å²) in [5, 5.41) is 10.3. The van der Waals surface area contributed by atoms with Crippen LogP contribution in [-0.4, -0.2) is 16.2 Å². The molecule has 0 spiro atoms. The Labute approximate surface area is 139 Å². The minimum absolute atomic E-state index is 0.00646. The molecule has 122 valence electrons. The summed E-state index contributed by atoms with van der Waals surface area (Å²) in [4.78, 5) is 16.2. The first-order valence-electron chi connectivity index (χ1n) is 7.71. The van der Waals surface area contributed by atoms with Crippen LogP contribution in [0, 0.1) is 12.8 Å². The van der Waals surface area contributed by atoms with Gasteiger partial charge >= 0.3 is 6.03 Å². The summed E-state index contributed by atoms with van der Waals surface area (Å²) in [5.41, 5.74) is 1.07. The quantitative estimate of drug-likeness (QED) is 0.878. The van der Waals surface area contributed by atoms with Crippen LogP contribution >= 0.6 is 11.6 Å². The fraction of sp³-hybridized carbons (Fsp3) is 0.438. The summed E-state index contributed by atoms with van der Waals surface area (Å²) in [5.74, 6) is 1.41. The van der Waals surface area contributed by atoms with Crippen molar-refractivity contribution in [1.82, 2.24) is 20.8 Å². The largest absolute Gasteiger partial charge is 0.340 e. The molecular formula is C16H19ClN4O2. The maximum absolute atomic E-state index is 12.2.